The SMILES string of the molecule is O=C1CN(Cc2ccncc2)[C@@H]2CCCC[C@@H]2N1. The van der Waals surface area contributed by atoms with E-state index < -0.39 is 0 Å². The number of nitrogens with one attached hydrogen (secondary N) is 1. The topological polar surface area (TPSA) is 45.2 Å². The van der Waals surface area contributed by atoms with Gasteiger partial charge >= 0.3 is 0 Å². The summed E-state index contributed by atoms with van der Waals surface area (Å²) in [5.74, 6) is 0.173. The minimum absolute atomic E-state index is 0.173. The van der Waals surface area contributed by atoms with E-state index in [1.807, 2.05) is 24.5 Å². The first-order valence-electron chi connectivity index (χ1n) is 6.75. The lowest BCUT2D eigenvalue weighted by molar-refractivity contribution is -0.128. The number of hydrogen-bond donors (Lipinski definition) is 1. The minimum atomic E-state index is 0.173. The number of piperazine rings is 1. The standard InChI is InChI=1S/C14H19N3O/c18-14-10-17(9-11-5-7-15-8-6-11)13-4-2-1-3-12(13)16-14/h5-8,12-13H,1-4,9-10H2,(H,16,18)/t12-,13+/m0/s1. The maximum absolute atomic E-state index is 11.8. The van der Waals surface area contributed by atoms with E-state index in [9.17, 15) is 4.79 Å². The summed E-state index contributed by atoms with van der Waals surface area (Å²) >= 11 is 0. The molecule has 1 N–H and O–H groups in total. The van der Waals surface area contributed by atoms with E-state index in [2.05, 4.69) is 15.2 Å². The Balaban J connectivity index is 1.74. The van der Waals surface area contributed by atoms with Crippen LogP contribution in [0.25, 0.3) is 0 Å². The summed E-state index contributed by atoms with van der Waals surface area (Å²) in [6.45, 7) is 1.39. The molecule has 1 aromatic heterocycles. The summed E-state index contributed by atoms with van der Waals surface area (Å²) in [6, 6.07) is 4.95. The van der Waals surface area contributed by atoms with Crippen molar-refractivity contribution in [1.82, 2.24) is 15.2 Å². The zero-order chi connectivity index (χ0) is 12.4. The molecule has 0 bridgehead atoms. The van der Waals surface area contributed by atoms with E-state index in [1.165, 1.54) is 24.8 Å². The molecule has 1 amide bonds. The highest BCUT2D eigenvalue weighted by atomic mass is 16.2. The Morgan fingerprint density at radius 1 is 1.28 bits per heavy atom. The highest BCUT2D eigenvalue weighted by molar-refractivity contribution is 5.79. The summed E-state index contributed by atoms with van der Waals surface area (Å²) in [4.78, 5) is 18.1. The highest BCUT2D eigenvalue weighted by Crippen LogP contribution is 2.26. The predicted octanol–water partition coefficient (Wildman–Crippen LogP) is 1.32. The molecule has 2 heterocycles. The van der Waals surface area contributed by atoms with Crippen LogP contribution in [0.2, 0.25) is 0 Å². The first-order valence-corrected chi connectivity index (χ1v) is 6.75. The van der Waals surface area contributed by atoms with E-state index in [0.29, 0.717) is 18.6 Å². The normalized spacial score (nSPS) is 28.6. The number of amides is 1. The third-order valence-electron chi connectivity index (χ3n) is 4.03. The average Bonchev–Trinajstić information content (AvgIpc) is 2.40. The van der Waals surface area contributed by atoms with Crippen molar-refractivity contribution in [3.8, 4) is 0 Å². The third-order valence-corrected chi connectivity index (χ3v) is 4.03. The lowest BCUT2D eigenvalue weighted by atomic mass is 9.87. The van der Waals surface area contributed by atoms with Gasteiger partial charge in [-0.15, -0.1) is 0 Å². The maximum atomic E-state index is 11.8. The molecule has 2 fully saturated rings. The van der Waals surface area contributed by atoms with Crippen molar-refractivity contribution in [2.24, 2.45) is 0 Å². The number of fused-ring (bicyclic) bond motifs is 1. The third kappa shape index (κ3) is 2.38. The van der Waals surface area contributed by atoms with Crippen LogP contribution >= 0.6 is 0 Å². The number of hydrogen-bond acceptors (Lipinski definition) is 3. The van der Waals surface area contributed by atoms with Crippen LogP contribution in [0.1, 0.15) is 31.2 Å². The molecule has 2 atom stereocenters. The van der Waals surface area contributed by atoms with E-state index >= 15 is 0 Å². The van der Waals surface area contributed by atoms with Gasteiger partial charge in [0.1, 0.15) is 0 Å². The molecule has 96 valence electrons. The molecule has 4 heteroatoms. The molecule has 0 aromatic carbocycles. The Hall–Kier alpha value is -1.42. The van der Waals surface area contributed by atoms with Gasteiger partial charge in [-0.1, -0.05) is 12.8 Å². The summed E-state index contributed by atoms with van der Waals surface area (Å²) < 4.78 is 0. The van der Waals surface area contributed by atoms with Crippen LogP contribution in [-0.4, -0.2) is 34.4 Å². The summed E-state index contributed by atoms with van der Waals surface area (Å²) in [5, 5.41) is 3.14. The summed E-state index contributed by atoms with van der Waals surface area (Å²) in [5.41, 5.74) is 1.24. The van der Waals surface area contributed by atoms with Crippen LogP contribution in [0.5, 0.6) is 0 Å². The van der Waals surface area contributed by atoms with Gasteiger partial charge in [0, 0.05) is 31.0 Å². The van der Waals surface area contributed by atoms with E-state index in [-0.39, 0.29) is 5.91 Å². The van der Waals surface area contributed by atoms with Gasteiger partial charge in [0.2, 0.25) is 5.91 Å². The van der Waals surface area contributed by atoms with Crippen LogP contribution in [0.4, 0.5) is 0 Å². The largest absolute Gasteiger partial charge is 0.351 e. The molecule has 1 aromatic rings. The lowest BCUT2D eigenvalue weighted by Crippen LogP contribution is -2.61. The minimum Gasteiger partial charge on any atom is -0.351 e. The van der Waals surface area contributed by atoms with Gasteiger partial charge in [-0.25, -0.2) is 0 Å². The Labute approximate surface area is 107 Å². The molecule has 1 saturated heterocycles. The second-order valence-corrected chi connectivity index (χ2v) is 5.29. The van der Waals surface area contributed by atoms with Crippen molar-refractivity contribution in [3.63, 3.8) is 0 Å². The van der Waals surface area contributed by atoms with Gasteiger partial charge in [-0.05, 0) is 30.5 Å². The Morgan fingerprint density at radius 2 is 2.06 bits per heavy atom. The molecule has 1 aliphatic heterocycles. The zero-order valence-corrected chi connectivity index (χ0v) is 10.5. The monoisotopic (exact) mass is 245 g/mol. The molecule has 2 aliphatic rings. The van der Waals surface area contributed by atoms with Gasteiger partial charge in [0.25, 0.3) is 0 Å². The fourth-order valence-corrected chi connectivity index (χ4v) is 3.17. The molecule has 3 rings (SSSR count). The first-order chi connectivity index (χ1) is 8.83. The van der Waals surface area contributed by atoms with Crippen LogP contribution in [0.15, 0.2) is 24.5 Å². The Morgan fingerprint density at radius 3 is 2.89 bits per heavy atom. The van der Waals surface area contributed by atoms with Crippen LogP contribution in [-0.2, 0) is 11.3 Å². The second kappa shape index (κ2) is 5.06. The van der Waals surface area contributed by atoms with Crippen LogP contribution in [0, 0.1) is 0 Å². The van der Waals surface area contributed by atoms with Crippen LogP contribution in [0.3, 0.4) is 0 Å². The summed E-state index contributed by atoms with van der Waals surface area (Å²) in [7, 11) is 0. The van der Waals surface area contributed by atoms with E-state index in [1.54, 1.807) is 0 Å². The lowest BCUT2D eigenvalue weighted by Gasteiger charge is -2.44. The molecule has 4 nitrogen and oxygen atoms in total. The fourth-order valence-electron chi connectivity index (χ4n) is 3.17. The number of rotatable bonds is 2. The molecule has 0 unspecified atom stereocenters. The molecule has 1 aliphatic carbocycles. The summed E-state index contributed by atoms with van der Waals surface area (Å²) in [6.07, 6.45) is 8.49. The first kappa shape index (κ1) is 11.7. The molecule has 1 saturated carbocycles. The van der Waals surface area contributed by atoms with Crippen molar-refractivity contribution in [3.05, 3.63) is 30.1 Å². The molecular weight excluding hydrogens is 226 g/mol. The van der Waals surface area contributed by atoms with Crippen molar-refractivity contribution in [2.45, 2.75) is 44.3 Å². The van der Waals surface area contributed by atoms with Crippen molar-refractivity contribution < 1.29 is 4.79 Å². The van der Waals surface area contributed by atoms with Crippen molar-refractivity contribution in [2.75, 3.05) is 6.54 Å². The number of nitrogens with zero attached hydrogens (tertiary/aromatic N) is 2. The molecule has 0 spiro atoms. The second-order valence-electron chi connectivity index (χ2n) is 5.29. The molecular formula is C14H19N3O. The van der Waals surface area contributed by atoms with Gasteiger partial charge in [-0.3, -0.25) is 14.7 Å². The van der Waals surface area contributed by atoms with E-state index in [0.717, 1.165) is 13.0 Å². The number of aromatic nitrogens is 1. The van der Waals surface area contributed by atoms with Crippen molar-refractivity contribution >= 4 is 5.91 Å². The number of carbonyl (C=O) groups excluding carboxylic acids is 1. The highest BCUT2D eigenvalue weighted by Gasteiger charge is 2.35. The molecule has 18 heavy (non-hydrogen) atoms. The Bertz CT molecular complexity index is 420. The number of pyridine rings is 1. The number of carbonyl (C=O) groups is 1. The molecule has 0 radical (unpaired) electrons. The van der Waals surface area contributed by atoms with Crippen LogP contribution < -0.4 is 5.32 Å². The zero-order valence-electron chi connectivity index (χ0n) is 10.5. The van der Waals surface area contributed by atoms with E-state index in [4.69, 9.17) is 0 Å². The quantitative estimate of drug-likeness (QED) is 0.855. The maximum Gasteiger partial charge on any atom is 0.234 e. The van der Waals surface area contributed by atoms with Crippen molar-refractivity contribution in [1.29, 1.82) is 0 Å². The van der Waals surface area contributed by atoms with Gasteiger partial charge in [0.05, 0.1) is 6.54 Å². The Kier molecular flexibility index (Phi) is 3.28. The van der Waals surface area contributed by atoms with Gasteiger partial charge < -0.3 is 5.32 Å². The fraction of sp³-hybridized carbons (Fsp3) is 0.571. The smallest absolute Gasteiger partial charge is 0.234 e. The average molecular weight is 245 g/mol. The predicted molar refractivity (Wildman–Crippen MR) is 68.8 cm³/mol. The van der Waals surface area contributed by atoms with Gasteiger partial charge in [0.15, 0.2) is 0 Å². The van der Waals surface area contributed by atoms with Gasteiger partial charge in [-0.2, -0.15) is 0 Å².